The number of carbonyl (C=O) groups excluding carboxylic acids is 1. The molecular weight excluding hydrogens is 436 g/mol. The van der Waals surface area contributed by atoms with Crippen molar-refractivity contribution in [1.82, 2.24) is 19.6 Å². The summed E-state index contributed by atoms with van der Waals surface area (Å²) in [5.74, 6) is 0.877. The Morgan fingerprint density at radius 2 is 1.77 bits per heavy atom. The summed E-state index contributed by atoms with van der Waals surface area (Å²) < 4.78 is 5.65. The van der Waals surface area contributed by atoms with E-state index in [1.807, 2.05) is 0 Å². The van der Waals surface area contributed by atoms with Gasteiger partial charge >= 0.3 is 0 Å². The summed E-state index contributed by atoms with van der Waals surface area (Å²) in [7, 11) is 2.16. The molecular formula is C29H42N4O2. The number of likely N-dealkylation sites (tertiary alicyclic amines) is 1. The second-order valence-electron chi connectivity index (χ2n) is 10.7. The van der Waals surface area contributed by atoms with Crippen molar-refractivity contribution in [1.29, 1.82) is 0 Å². The van der Waals surface area contributed by atoms with E-state index < -0.39 is 0 Å². The van der Waals surface area contributed by atoms with Crippen LogP contribution < -0.4 is 0 Å². The molecule has 1 amide bonds. The van der Waals surface area contributed by atoms with Crippen LogP contribution in [0.1, 0.15) is 31.2 Å². The number of morpholine rings is 1. The van der Waals surface area contributed by atoms with Gasteiger partial charge in [-0.3, -0.25) is 14.6 Å². The van der Waals surface area contributed by atoms with Gasteiger partial charge in [0.25, 0.3) is 0 Å². The molecule has 6 nitrogen and oxygen atoms in total. The molecule has 0 unspecified atom stereocenters. The van der Waals surface area contributed by atoms with Crippen molar-refractivity contribution in [3.63, 3.8) is 0 Å². The fraction of sp³-hybridized carbons (Fsp3) is 0.621. The third-order valence-electron chi connectivity index (χ3n) is 8.37. The predicted octanol–water partition coefficient (Wildman–Crippen LogP) is 3.31. The zero-order valence-corrected chi connectivity index (χ0v) is 21.4. The molecule has 0 radical (unpaired) electrons. The lowest BCUT2D eigenvalue weighted by molar-refractivity contribution is -0.131. The number of hydrogen-bond donors (Lipinski definition) is 0. The Balaban J connectivity index is 1.25. The molecule has 0 bridgehead atoms. The summed E-state index contributed by atoms with van der Waals surface area (Å²) in [5.41, 5.74) is 1.41. The second-order valence-corrected chi connectivity index (χ2v) is 10.7. The van der Waals surface area contributed by atoms with Crippen molar-refractivity contribution in [3.05, 3.63) is 48.0 Å². The second kappa shape index (κ2) is 11.8. The van der Waals surface area contributed by atoms with Crippen LogP contribution in [-0.2, 0) is 16.1 Å². The van der Waals surface area contributed by atoms with Crippen LogP contribution in [0, 0.1) is 5.92 Å². The van der Waals surface area contributed by atoms with Crippen molar-refractivity contribution in [2.24, 2.45) is 5.92 Å². The fourth-order valence-corrected chi connectivity index (χ4v) is 6.35. The van der Waals surface area contributed by atoms with E-state index in [2.05, 4.69) is 69.1 Å². The predicted molar refractivity (Wildman–Crippen MR) is 141 cm³/mol. The third kappa shape index (κ3) is 6.23. The van der Waals surface area contributed by atoms with Crippen molar-refractivity contribution in [2.45, 2.75) is 38.3 Å². The molecule has 0 aliphatic carbocycles. The Bertz CT molecular complexity index is 971. The molecule has 2 aromatic carbocycles. The van der Waals surface area contributed by atoms with Crippen molar-refractivity contribution in [3.8, 4) is 0 Å². The number of carbonyl (C=O) groups is 1. The van der Waals surface area contributed by atoms with Crippen LogP contribution in [0.3, 0.4) is 0 Å². The average molecular weight is 479 g/mol. The van der Waals surface area contributed by atoms with Gasteiger partial charge in [0, 0.05) is 58.3 Å². The highest BCUT2D eigenvalue weighted by atomic mass is 16.5. The van der Waals surface area contributed by atoms with Gasteiger partial charge in [-0.25, -0.2) is 0 Å². The molecule has 3 aliphatic rings. The molecule has 6 heteroatoms. The highest BCUT2D eigenvalue weighted by Gasteiger charge is 2.34. The van der Waals surface area contributed by atoms with E-state index in [0.717, 1.165) is 85.0 Å². The Kier molecular flexibility index (Phi) is 8.35. The number of nitrogens with zero attached hydrogens (tertiary/aromatic N) is 4. The lowest BCUT2D eigenvalue weighted by atomic mass is 9.86. The minimum atomic E-state index is 0.354. The van der Waals surface area contributed by atoms with Crippen LogP contribution >= 0.6 is 0 Å². The van der Waals surface area contributed by atoms with Gasteiger partial charge in [0.05, 0.1) is 13.2 Å². The summed E-state index contributed by atoms with van der Waals surface area (Å²) in [6.45, 7) is 10.8. The van der Waals surface area contributed by atoms with E-state index in [4.69, 9.17) is 4.74 Å². The van der Waals surface area contributed by atoms with Gasteiger partial charge in [0.15, 0.2) is 0 Å². The van der Waals surface area contributed by atoms with Crippen LogP contribution in [0.2, 0.25) is 0 Å². The lowest BCUT2D eigenvalue weighted by Gasteiger charge is -2.45. The van der Waals surface area contributed by atoms with Gasteiger partial charge in [-0.1, -0.05) is 42.5 Å². The molecule has 2 aromatic rings. The highest BCUT2D eigenvalue weighted by Crippen LogP contribution is 2.29. The van der Waals surface area contributed by atoms with Crippen LogP contribution in [0.5, 0.6) is 0 Å². The van der Waals surface area contributed by atoms with E-state index in [1.165, 1.54) is 22.8 Å². The zero-order valence-electron chi connectivity index (χ0n) is 21.4. The van der Waals surface area contributed by atoms with Gasteiger partial charge in [0.2, 0.25) is 5.91 Å². The monoisotopic (exact) mass is 478 g/mol. The Hall–Kier alpha value is -1.99. The first-order valence-electron chi connectivity index (χ1n) is 13.6. The van der Waals surface area contributed by atoms with E-state index >= 15 is 0 Å². The topological polar surface area (TPSA) is 39.3 Å². The number of piperidine rings is 1. The van der Waals surface area contributed by atoms with Crippen LogP contribution in [-0.4, -0.2) is 104 Å². The number of rotatable bonds is 6. The number of likely N-dealkylation sites (N-methyl/N-ethyl adjacent to an activating group) is 1. The molecule has 0 saturated carbocycles. The standard InChI is InChI=1S/C29H42N4O2/c1-30-13-5-14-33(17-16-30)29(34)11-10-26-23-31(15-12-28(26)32-18-20-35-21-19-32)22-25-8-4-7-24-6-2-3-9-27(24)25/h2-4,6-9,26,28H,5,10-23H2,1H3/t26-,28+/m1/s1. The normalized spacial score (nSPS) is 25.6. The van der Waals surface area contributed by atoms with Gasteiger partial charge in [-0.05, 0) is 61.7 Å². The van der Waals surface area contributed by atoms with E-state index in [-0.39, 0.29) is 0 Å². The summed E-state index contributed by atoms with van der Waals surface area (Å²) in [5, 5.41) is 2.68. The van der Waals surface area contributed by atoms with E-state index in [9.17, 15) is 4.79 Å². The molecule has 0 spiro atoms. The van der Waals surface area contributed by atoms with Gasteiger partial charge in [-0.15, -0.1) is 0 Å². The fourth-order valence-electron chi connectivity index (χ4n) is 6.35. The number of benzene rings is 2. The van der Waals surface area contributed by atoms with Gasteiger partial charge < -0.3 is 14.5 Å². The van der Waals surface area contributed by atoms with Gasteiger partial charge in [0.1, 0.15) is 0 Å². The van der Waals surface area contributed by atoms with Crippen LogP contribution in [0.4, 0.5) is 0 Å². The molecule has 3 fully saturated rings. The molecule has 3 heterocycles. The minimum absolute atomic E-state index is 0.354. The third-order valence-corrected chi connectivity index (χ3v) is 8.37. The first-order valence-corrected chi connectivity index (χ1v) is 13.6. The highest BCUT2D eigenvalue weighted by molar-refractivity contribution is 5.85. The molecule has 190 valence electrons. The molecule has 3 saturated heterocycles. The maximum absolute atomic E-state index is 13.2. The average Bonchev–Trinajstić information content (AvgIpc) is 3.12. The SMILES string of the molecule is CN1CCCN(C(=O)CC[C@@H]2CN(Cc3cccc4ccccc34)CC[C@@H]2N2CCOCC2)CC1. The molecule has 0 N–H and O–H groups in total. The summed E-state index contributed by atoms with van der Waals surface area (Å²) in [6, 6.07) is 16.0. The molecule has 3 aliphatic heterocycles. The Morgan fingerprint density at radius 1 is 0.943 bits per heavy atom. The van der Waals surface area contributed by atoms with Crippen molar-refractivity contribution in [2.75, 3.05) is 72.6 Å². The van der Waals surface area contributed by atoms with Crippen molar-refractivity contribution < 1.29 is 9.53 Å². The van der Waals surface area contributed by atoms with E-state index in [0.29, 0.717) is 24.3 Å². The molecule has 35 heavy (non-hydrogen) atoms. The van der Waals surface area contributed by atoms with E-state index in [1.54, 1.807) is 0 Å². The van der Waals surface area contributed by atoms with Gasteiger partial charge in [-0.2, -0.15) is 0 Å². The lowest BCUT2D eigenvalue weighted by Crippen LogP contribution is -2.54. The first kappa shape index (κ1) is 24.7. The Labute approximate surface area is 210 Å². The molecule has 0 aromatic heterocycles. The summed E-state index contributed by atoms with van der Waals surface area (Å²) in [6.07, 6.45) is 3.93. The maximum atomic E-state index is 13.2. The number of ether oxygens (including phenoxy) is 1. The number of hydrogen-bond acceptors (Lipinski definition) is 5. The van der Waals surface area contributed by atoms with Crippen LogP contribution in [0.15, 0.2) is 42.5 Å². The van der Waals surface area contributed by atoms with Crippen molar-refractivity contribution >= 4 is 16.7 Å². The largest absolute Gasteiger partial charge is 0.379 e. The number of fused-ring (bicyclic) bond motifs is 1. The quantitative estimate of drug-likeness (QED) is 0.637. The molecule has 5 rings (SSSR count). The van der Waals surface area contributed by atoms with Crippen LogP contribution in [0.25, 0.3) is 10.8 Å². The zero-order chi connectivity index (χ0) is 24.0. The summed E-state index contributed by atoms with van der Waals surface area (Å²) in [4.78, 5) is 22.9. The smallest absolute Gasteiger partial charge is 0.222 e. The molecule has 2 atom stereocenters. The maximum Gasteiger partial charge on any atom is 0.222 e. The first-order chi connectivity index (χ1) is 17.2. The number of amides is 1. The summed E-state index contributed by atoms with van der Waals surface area (Å²) >= 11 is 0. The minimum Gasteiger partial charge on any atom is -0.379 e. The Morgan fingerprint density at radius 3 is 2.66 bits per heavy atom.